The molecule has 1 amide bonds. The molecule has 0 unspecified atom stereocenters. The number of carbonyl (C=O) groups is 2. The second-order valence-corrected chi connectivity index (χ2v) is 4.84. The highest BCUT2D eigenvalue weighted by Crippen LogP contribution is 2.28. The zero-order valence-electron chi connectivity index (χ0n) is 11.7. The molecule has 1 aromatic heterocycles. The number of carboxylic acid groups (broad SMARTS) is 1. The molecule has 21 heavy (non-hydrogen) atoms. The first-order valence-electron chi connectivity index (χ1n) is 6.10. The molecule has 0 saturated carbocycles. The normalized spacial score (nSPS) is 12.1. The summed E-state index contributed by atoms with van der Waals surface area (Å²) >= 11 is 0. The van der Waals surface area contributed by atoms with Crippen molar-refractivity contribution in [2.24, 2.45) is 0 Å². The van der Waals surface area contributed by atoms with Crippen molar-refractivity contribution >= 4 is 11.9 Å². The van der Waals surface area contributed by atoms with Crippen LogP contribution in [0.1, 0.15) is 36.8 Å². The molecule has 0 saturated heterocycles. The Morgan fingerprint density at radius 1 is 1.29 bits per heavy atom. The predicted octanol–water partition coefficient (Wildman–Crippen LogP) is 2.43. The number of aromatic nitrogens is 1. The number of carboxylic acids is 1. The van der Waals surface area contributed by atoms with Crippen LogP contribution in [0, 0.1) is 0 Å². The number of halogens is 3. The van der Waals surface area contributed by atoms with Crippen LogP contribution in [0.25, 0.3) is 0 Å². The Bertz CT molecular complexity index is 539. The SMILES string of the molecule is CCN(C(=O)c1ccc(C(F)(F)F)cn1)C(C)(C)C(=O)O. The van der Waals surface area contributed by atoms with E-state index in [-0.39, 0.29) is 12.2 Å². The van der Waals surface area contributed by atoms with Crippen LogP contribution in [0.15, 0.2) is 18.3 Å². The standard InChI is InChI=1S/C13H15F3N2O3/c1-4-18(12(2,3)11(20)21)10(19)9-6-5-8(7-17-9)13(14,15)16/h5-7H,4H2,1-3H3,(H,20,21). The van der Waals surface area contributed by atoms with E-state index < -0.39 is 29.2 Å². The smallest absolute Gasteiger partial charge is 0.417 e. The van der Waals surface area contributed by atoms with Crippen LogP contribution in [0.3, 0.4) is 0 Å². The highest BCUT2D eigenvalue weighted by Gasteiger charge is 2.38. The molecule has 5 nitrogen and oxygen atoms in total. The number of amides is 1. The Hall–Kier alpha value is -2.12. The van der Waals surface area contributed by atoms with Crippen LogP contribution in [0.4, 0.5) is 13.2 Å². The number of carbonyl (C=O) groups excluding carboxylic acids is 1. The zero-order valence-corrected chi connectivity index (χ0v) is 11.7. The fraction of sp³-hybridized carbons (Fsp3) is 0.462. The van der Waals surface area contributed by atoms with Crippen LogP contribution < -0.4 is 0 Å². The number of aliphatic carboxylic acids is 1. The molecular formula is C13H15F3N2O3. The molecule has 0 aromatic carbocycles. The van der Waals surface area contributed by atoms with Gasteiger partial charge < -0.3 is 10.0 Å². The number of hydrogen-bond acceptors (Lipinski definition) is 3. The van der Waals surface area contributed by atoms with E-state index in [9.17, 15) is 22.8 Å². The summed E-state index contributed by atoms with van der Waals surface area (Å²) in [6, 6.07) is 1.67. The summed E-state index contributed by atoms with van der Waals surface area (Å²) in [5.74, 6) is -1.96. The van der Waals surface area contributed by atoms with Crippen LogP contribution in [-0.4, -0.2) is 39.0 Å². The number of alkyl halides is 3. The average molecular weight is 304 g/mol. The van der Waals surface area contributed by atoms with Crippen LogP contribution >= 0.6 is 0 Å². The van der Waals surface area contributed by atoms with E-state index in [1.165, 1.54) is 13.8 Å². The van der Waals surface area contributed by atoms with Gasteiger partial charge in [0.1, 0.15) is 11.2 Å². The van der Waals surface area contributed by atoms with Crippen molar-refractivity contribution in [2.45, 2.75) is 32.5 Å². The first kappa shape index (κ1) is 16.9. The Balaban J connectivity index is 3.10. The van der Waals surface area contributed by atoms with Crippen LogP contribution in [0.5, 0.6) is 0 Å². The van der Waals surface area contributed by atoms with E-state index >= 15 is 0 Å². The van der Waals surface area contributed by atoms with Gasteiger partial charge >= 0.3 is 12.1 Å². The maximum Gasteiger partial charge on any atom is 0.417 e. The van der Waals surface area contributed by atoms with E-state index in [0.717, 1.165) is 17.0 Å². The van der Waals surface area contributed by atoms with E-state index in [2.05, 4.69) is 4.98 Å². The molecular weight excluding hydrogens is 289 g/mol. The molecule has 1 heterocycles. The van der Waals surface area contributed by atoms with Gasteiger partial charge in [0.25, 0.3) is 5.91 Å². The van der Waals surface area contributed by atoms with Crippen molar-refractivity contribution in [1.29, 1.82) is 0 Å². The third-order valence-electron chi connectivity index (χ3n) is 3.07. The Kier molecular flexibility index (Phi) is 4.60. The Labute approximate surface area is 119 Å². The third kappa shape index (κ3) is 3.50. The Morgan fingerprint density at radius 2 is 1.86 bits per heavy atom. The molecule has 0 spiro atoms. The number of rotatable bonds is 4. The second-order valence-electron chi connectivity index (χ2n) is 4.84. The second kappa shape index (κ2) is 5.71. The summed E-state index contributed by atoms with van der Waals surface area (Å²) in [6.07, 6.45) is -3.99. The maximum atomic E-state index is 12.4. The number of nitrogens with zero attached hydrogens (tertiary/aromatic N) is 2. The maximum absolute atomic E-state index is 12.4. The summed E-state index contributed by atoms with van der Waals surface area (Å²) < 4.78 is 37.3. The topological polar surface area (TPSA) is 70.5 Å². The van der Waals surface area contributed by atoms with Gasteiger partial charge in [-0.05, 0) is 32.9 Å². The van der Waals surface area contributed by atoms with Crippen molar-refractivity contribution in [3.8, 4) is 0 Å². The number of pyridine rings is 1. The van der Waals surface area contributed by atoms with Crippen molar-refractivity contribution in [3.05, 3.63) is 29.6 Å². The van der Waals surface area contributed by atoms with Crippen LogP contribution in [0.2, 0.25) is 0 Å². The van der Waals surface area contributed by atoms with Gasteiger partial charge in [-0.2, -0.15) is 13.2 Å². The van der Waals surface area contributed by atoms with Crippen molar-refractivity contribution in [2.75, 3.05) is 6.54 Å². The van der Waals surface area contributed by atoms with E-state index in [1.807, 2.05) is 0 Å². The summed E-state index contributed by atoms with van der Waals surface area (Å²) in [5, 5.41) is 9.13. The molecule has 0 radical (unpaired) electrons. The lowest BCUT2D eigenvalue weighted by atomic mass is 10.0. The van der Waals surface area contributed by atoms with Crippen molar-refractivity contribution in [1.82, 2.24) is 9.88 Å². The molecule has 0 bridgehead atoms. The first-order chi connectivity index (χ1) is 9.51. The largest absolute Gasteiger partial charge is 0.480 e. The lowest BCUT2D eigenvalue weighted by molar-refractivity contribution is -0.147. The van der Waals surface area contributed by atoms with Crippen LogP contribution in [-0.2, 0) is 11.0 Å². The van der Waals surface area contributed by atoms with Gasteiger partial charge in [0, 0.05) is 12.7 Å². The molecule has 0 aliphatic carbocycles. The van der Waals surface area contributed by atoms with Gasteiger partial charge in [0.2, 0.25) is 0 Å². The fourth-order valence-corrected chi connectivity index (χ4v) is 1.73. The van der Waals surface area contributed by atoms with Gasteiger partial charge in [-0.3, -0.25) is 9.78 Å². The highest BCUT2D eigenvalue weighted by atomic mass is 19.4. The lowest BCUT2D eigenvalue weighted by Gasteiger charge is -2.33. The molecule has 1 N–H and O–H groups in total. The van der Waals surface area contributed by atoms with Gasteiger partial charge in [-0.25, -0.2) is 4.79 Å². The van der Waals surface area contributed by atoms with Gasteiger partial charge in [-0.1, -0.05) is 0 Å². The minimum atomic E-state index is -4.54. The molecule has 0 fully saturated rings. The van der Waals surface area contributed by atoms with E-state index in [4.69, 9.17) is 5.11 Å². The molecule has 1 rings (SSSR count). The molecule has 0 atom stereocenters. The Morgan fingerprint density at radius 3 is 2.19 bits per heavy atom. The van der Waals surface area contributed by atoms with E-state index in [0.29, 0.717) is 6.20 Å². The van der Waals surface area contributed by atoms with Gasteiger partial charge in [0.15, 0.2) is 0 Å². The molecule has 116 valence electrons. The number of hydrogen-bond donors (Lipinski definition) is 1. The van der Waals surface area contributed by atoms with Crippen molar-refractivity contribution in [3.63, 3.8) is 0 Å². The summed E-state index contributed by atoms with van der Waals surface area (Å²) in [4.78, 5) is 27.9. The van der Waals surface area contributed by atoms with Crippen molar-refractivity contribution < 1.29 is 27.9 Å². The fourth-order valence-electron chi connectivity index (χ4n) is 1.73. The highest BCUT2D eigenvalue weighted by molar-refractivity contribution is 5.96. The summed E-state index contributed by atoms with van der Waals surface area (Å²) in [5.41, 5.74) is -2.70. The third-order valence-corrected chi connectivity index (χ3v) is 3.07. The minimum Gasteiger partial charge on any atom is -0.480 e. The predicted molar refractivity (Wildman–Crippen MR) is 67.7 cm³/mol. The average Bonchev–Trinajstić information content (AvgIpc) is 2.38. The first-order valence-corrected chi connectivity index (χ1v) is 6.10. The molecule has 0 aliphatic heterocycles. The number of likely N-dealkylation sites (N-methyl/N-ethyl adjacent to an activating group) is 1. The summed E-state index contributed by atoms with van der Waals surface area (Å²) in [7, 11) is 0. The molecule has 0 aliphatic rings. The lowest BCUT2D eigenvalue weighted by Crippen LogP contribution is -2.53. The monoisotopic (exact) mass is 304 g/mol. The van der Waals surface area contributed by atoms with Gasteiger partial charge in [-0.15, -0.1) is 0 Å². The zero-order chi connectivity index (χ0) is 16.4. The quantitative estimate of drug-likeness (QED) is 0.927. The minimum absolute atomic E-state index is 0.0842. The molecule has 1 aromatic rings. The summed E-state index contributed by atoms with van der Waals surface area (Å²) in [6.45, 7) is 4.33. The molecule has 8 heteroatoms. The van der Waals surface area contributed by atoms with Gasteiger partial charge in [0.05, 0.1) is 5.56 Å². The van der Waals surface area contributed by atoms with E-state index in [1.54, 1.807) is 6.92 Å².